The Balaban J connectivity index is 2.36. The van der Waals surface area contributed by atoms with Crippen LogP contribution in [0.3, 0.4) is 0 Å². The van der Waals surface area contributed by atoms with Crippen molar-refractivity contribution in [1.29, 1.82) is 0 Å². The average molecular weight is 209 g/mol. The highest BCUT2D eigenvalue weighted by Crippen LogP contribution is 2.37. The number of rotatable bonds is 1. The number of allylic oxidation sites excluding steroid dienone is 1. The van der Waals surface area contributed by atoms with E-state index in [4.69, 9.17) is 0 Å². The molecule has 0 amide bonds. The summed E-state index contributed by atoms with van der Waals surface area (Å²) in [6.07, 6.45) is 0. The standard InChI is InChI=1S/C11H12FNS/c1-7-11(14-8(2)13-7)9-4-3-5-10(12)6-9/h3-6,8,13H,1-2H3. The number of hydrogen-bond acceptors (Lipinski definition) is 2. The van der Waals surface area contributed by atoms with Crippen molar-refractivity contribution in [2.75, 3.05) is 0 Å². The molecule has 1 atom stereocenters. The second-order valence-electron chi connectivity index (χ2n) is 3.37. The molecule has 1 aromatic carbocycles. The van der Waals surface area contributed by atoms with E-state index in [1.165, 1.54) is 6.07 Å². The first-order valence-corrected chi connectivity index (χ1v) is 5.45. The molecule has 1 aliphatic rings. The van der Waals surface area contributed by atoms with Crippen LogP contribution in [0.1, 0.15) is 19.4 Å². The van der Waals surface area contributed by atoms with E-state index in [1.54, 1.807) is 23.9 Å². The number of halogens is 1. The molecule has 3 heteroatoms. The SMILES string of the molecule is CC1=C(c2cccc(F)c2)SC(C)N1. The smallest absolute Gasteiger partial charge is 0.123 e. The Morgan fingerprint density at radius 1 is 1.43 bits per heavy atom. The normalized spacial score (nSPS) is 21.2. The van der Waals surface area contributed by atoms with Crippen LogP contribution in [0.2, 0.25) is 0 Å². The van der Waals surface area contributed by atoms with E-state index < -0.39 is 0 Å². The first kappa shape index (κ1) is 9.59. The largest absolute Gasteiger partial charge is 0.376 e. The summed E-state index contributed by atoms with van der Waals surface area (Å²) in [7, 11) is 0. The van der Waals surface area contributed by atoms with Crippen molar-refractivity contribution in [3.05, 3.63) is 41.3 Å². The molecule has 74 valence electrons. The van der Waals surface area contributed by atoms with Crippen LogP contribution in [0.4, 0.5) is 4.39 Å². The minimum atomic E-state index is -0.178. The average Bonchev–Trinajstić information content (AvgIpc) is 2.45. The molecule has 0 saturated heterocycles. The maximum absolute atomic E-state index is 13.0. The van der Waals surface area contributed by atoms with Gasteiger partial charge in [0.2, 0.25) is 0 Å². The lowest BCUT2D eigenvalue weighted by Gasteiger charge is -2.02. The van der Waals surface area contributed by atoms with Crippen molar-refractivity contribution in [1.82, 2.24) is 5.32 Å². The van der Waals surface area contributed by atoms with Crippen LogP contribution in [0, 0.1) is 5.82 Å². The van der Waals surface area contributed by atoms with Gasteiger partial charge in [-0.05, 0) is 31.5 Å². The van der Waals surface area contributed by atoms with Crippen molar-refractivity contribution in [2.24, 2.45) is 0 Å². The minimum absolute atomic E-state index is 0.178. The Labute approximate surface area is 87.4 Å². The van der Waals surface area contributed by atoms with E-state index in [9.17, 15) is 4.39 Å². The van der Waals surface area contributed by atoms with E-state index >= 15 is 0 Å². The number of benzene rings is 1. The molecule has 14 heavy (non-hydrogen) atoms. The van der Waals surface area contributed by atoms with E-state index in [0.29, 0.717) is 5.37 Å². The molecular weight excluding hydrogens is 197 g/mol. The zero-order valence-electron chi connectivity index (χ0n) is 8.17. The van der Waals surface area contributed by atoms with Gasteiger partial charge < -0.3 is 5.32 Å². The molecule has 0 saturated carbocycles. The Kier molecular flexibility index (Phi) is 2.50. The molecule has 0 bridgehead atoms. The Morgan fingerprint density at radius 3 is 2.79 bits per heavy atom. The molecule has 1 heterocycles. The summed E-state index contributed by atoms with van der Waals surface area (Å²) in [5.74, 6) is -0.178. The van der Waals surface area contributed by atoms with Gasteiger partial charge in [-0.1, -0.05) is 23.9 Å². The van der Waals surface area contributed by atoms with Gasteiger partial charge in [0.25, 0.3) is 0 Å². The van der Waals surface area contributed by atoms with Gasteiger partial charge in [0, 0.05) is 10.6 Å². The van der Waals surface area contributed by atoms with Crippen LogP contribution in [0.15, 0.2) is 30.0 Å². The number of thioether (sulfide) groups is 1. The third kappa shape index (κ3) is 1.77. The van der Waals surface area contributed by atoms with Crippen LogP contribution in [0.25, 0.3) is 4.91 Å². The van der Waals surface area contributed by atoms with Gasteiger partial charge in [-0.2, -0.15) is 0 Å². The molecular formula is C11H12FNS. The Morgan fingerprint density at radius 2 is 2.21 bits per heavy atom. The predicted molar refractivity (Wildman–Crippen MR) is 59.2 cm³/mol. The zero-order chi connectivity index (χ0) is 10.1. The van der Waals surface area contributed by atoms with Gasteiger partial charge in [-0.3, -0.25) is 0 Å². The van der Waals surface area contributed by atoms with E-state index in [2.05, 4.69) is 12.2 Å². The molecule has 0 aliphatic carbocycles. The topological polar surface area (TPSA) is 12.0 Å². The van der Waals surface area contributed by atoms with Crippen LogP contribution < -0.4 is 5.32 Å². The van der Waals surface area contributed by atoms with Gasteiger partial charge in [-0.25, -0.2) is 4.39 Å². The molecule has 0 fully saturated rings. The van der Waals surface area contributed by atoms with Crippen molar-refractivity contribution in [3.63, 3.8) is 0 Å². The summed E-state index contributed by atoms with van der Waals surface area (Å²) in [5.41, 5.74) is 2.09. The second kappa shape index (κ2) is 3.65. The Bertz CT molecular complexity index is 387. The first-order valence-electron chi connectivity index (χ1n) is 4.57. The molecule has 0 spiro atoms. The van der Waals surface area contributed by atoms with Crippen molar-refractivity contribution in [3.8, 4) is 0 Å². The molecule has 0 radical (unpaired) electrons. The molecule has 2 rings (SSSR count). The highest BCUT2D eigenvalue weighted by atomic mass is 32.2. The summed E-state index contributed by atoms with van der Waals surface area (Å²) in [6, 6.07) is 6.73. The van der Waals surface area contributed by atoms with Gasteiger partial charge in [-0.15, -0.1) is 0 Å². The lowest BCUT2D eigenvalue weighted by Crippen LogP contribution is -2.14. The number of nitrogens with one attached hydrogen (secondary N) is 1. The van der Waals surface area contributed by atoms with Gasteiger partial charge in [0.15, 0.2) is 0 Å². The van der Waals surface area contributed by atoms with Crippen LogP contribution in [-0.2, 0) is 0 Å². The molecule has 1 unspecified atom stereocenters. The Hall–Kier alpha value is -0.960. The summed E-state index contributed by atoms with van der Waals surface area (Å²) in [6.45, 7) is 4.12. The highest BCUT2D eigenvalue weighted by Gasteiger charge is 2.18. The van der Waals surface area contributed by atoms with E-state index in [-0.39, 0.29) is 5.82 Å². The van der Waals surface area contributed by atoms with E-state index in [1.807, 2.05) is 13.0 Å². The van der Waals surface area contributed by atoms with Crippen molar-refractivity contribution in [2.45, 2.75) is 19.2 Å². The second-order valence-corrected chi connectivity index (χ2v) is 4.72. The fourth-order valence-electron chi connectivity index (χ4n) is 1.58. The van der Waals surface area contributed by atoms with Crippen molar-refractivity contribution >= 4 is 16.7 Å². The molecule has 0 aromatic heterocycles. The monoisotopic (exact) mass is 209 g/mol. The summed E-state index contributed by atoms with van der Waals surface area (Å²) >= 11 is 1.74. The minimum Gasteiger partial charge on any atom is -0.376 e. The van der Waals surface area contributed by atoms with Crippen LogP contribution in [-0.4, -0.2) is 5.37 Å². The van der Waals surface area contributed by atoms with Crippen LogP contribution in [0.5, 0.6) is 0 Å². The zero-order valence-corrected chi connectivity index (χ0v) is 8.99. The fourth-order valence-corrected chi connectivity index (χ4v) is 2.67. The summed E-state index contributed by atoms with van der Waals surface area (Å²) < 4.78 is 13.0. The van der Waals surface area contributed by atoms with E-state index in [0.717, 1.165) is 16.2 Å². The molecule has 1 aromatic rings. The third-order valence-corrected chi connectivity index (χ3v) is 3.39. The molecule has 1 aliphatic heterocycles. The summed E-state index contributed by atoms with van der Waals surface area (Å²) in [5, 5.41) is 3.69. The number of hydrogen-bond donors (Lipinski definition) is 1. The lowest BCUT2D eigenvalue weighted by atomic mass is 10.2. The molecule has 1 N–H and O–H groups in total. The maximum atomic E-state index is 13.0. The first-order chi connectivity index (χ1) is 6.66. The fraction of sp³-hybridized carbons (Fsp3) is 0.273. The maximum Gasteiger partial charge on any atom is 0.123 e. The van der Waals surface area contributed by atoms with Gasteiger partial charge in [0.05, 0.1) is 5.37 Å². The lowest BCUT2D eigenvalue weighted by molar-refractivity contribution is 0.627. The van der Waals surface area contributed by atoms with Gasteiger partial charge in [0.1, 0.15) is 5.82 Å². The van der Waals surface area contributed by atoms with Crippen LogP contribution >= 0.6 is 11.8 Å². The summed E-state index contributed by atoms with van der Waals surface area (Å²) in [4.78, 5) is 1.15. The third-order valence-electron chi connectivity index (χ3n) is 2.14. The van der Waals surface area contributed by atoms with Gasteiger partial charge >= 0.3 is 0 Å². The molecule has 1 nitrogen and oxygen atoms in total. The highest BCUT2D eigenvalue weighted by molar-refractivity contribution is 8.09. The quantitative estimate of drug-likeness (QED) is 0.762. The van der Waals surface area contributed by atoms with Crippen molar-refractivity contribution < 1.29 is 4.39 Å². The predicted octanol–water partition coefficient (Wildman–Crippen LogP) is 3.20.